The quantitative estimate of drug-likeness (QED) is 0.631. The number of thiophene rings is 1. The summed E-state index contributed by atoms with van der Waals surface area (Å²) < 4.78 is 1.16. The van der Waals surface area contributed by atoms with Crippen LogP contribution in [-0.4, -0.2) is 13.0 Å². The number of carbonyl (C=O) groups excluding carboxylic acids is 1. The number of carbonyl (C=O) groups is 1. The first-order valence-corrected chi connectivity index (χ1v) is 5.02. The third kappa shape index (κ3) is 1.85. The Morgan fingerprint density at radius 2 is 2.25 bits per heavy atom. The molecule has 0 aromatic carbocycles. The molecule has 0 fully saturated rings. The lowest BCUT2D eigenvalue weighted by molar-refractivity contribution is -0.116. The van der Waals surface area contributed by atoms with Crippen molar-refractivity contribution in [1.29, 1.82) is 0 Å². The number of aryl methyl sites for hydroxylation is 1. The van der Waals surface area contributed by atoms with Gasteiger partial charge >= 0.3 is 0 Å². The fraction of sp³-hybridized carbons (Fsp3) is 0.375. The second-order valence-electron chi connectivity index (χ2n) is 2.67. The van der Waals surface area contributed by atoms with Crippen molar-refractivity contribution in [3.63, 3.8) is 0 Å². The Balaban J connectivity index is 3.02. The molecule has 2 nitrogen and oxygen atoms in total. The second kappa shape index (κ2) is 3.55. The first-order chi connectivity index (χ1) is 5.52. The minimum Gasteiger partial charge on any atom is -0.315 e. The molecule has 66 valence electrons. The minimum absolute atomic E-state index is 0.0703. The van der Waals surface area contributed by atoms with Gasteiger partial charge in [0.05, 0.1) is 5.69 Å². The van der Waals surface area contributed by atoms with E-state index in [1.807, 2.05) is 13.0 Å². The zero-order chi connectivity index (χ0) is 9.30. The lowest BCUT2D eigenvalue weighted by Crippen LogP contribution is -2.22. The standard InChI is InChI=1S/C8H12NOPS/c1-5-7(4-8(11)12-5)9(3)6(2)10/h4H,11H2,1-3H3. The number of hydrogen-bond donors (Lipinski definition) is 0. The molecule has 0 bridgehead atoms. The fourth-order valence-corrected chi connectivity index (χ4v) is 2.51. The molecule has 0 saturated carbocycles. The Labute approximate surface area is 78.8 Å². The summed E-state index contributed by atoms with van der Waals surface area (Å²) in [4.78, 5) is 13.9. The molecule has 12 heavy (non-hydrogen) atoms. The van der Waals surface area contributed by atoms with Gasteiger partial charge in [0.1, 0.15) is 0 Å². The lowest BCUT2D eigenvalue weighted by Gasteiger charge is -2.13. The van der Waals surface area contributed by atoms with Crippen LogP contribution in [0.4, 0.5) is 5.69 Å². The monoisotopic (exact) mass is 201 g/mol. The van der Waals surface area contributed by atoms with Crippen LogP contribution >= 0.6 is 20.6 Å². The van der Waals surface area contributed by atoms with Gasteiger partial charge in [-0.15, -0.1) is 11.3 Å². The first kappa shape index (κ1) is 9.69. The zero-order valence-corrected chi connectivity index (χ0v) is 9.39. The number of nitrogens with zero attached hydrogens (tertiary/aromatic N) is 1. The molecule has 1 atom stereocenters. The second-order valence-corrected chi connectivity index (χ2v) is 5.00. The number of amides is 1. The highest BCUT2D eigenvalue weighted by molar-refractivity contribution is 7.43. The van der Waals surface area contributed by atoms with Gasteiger partial charge in [-0.1, -0.05) is 9.24 Å². The fourth-order valence-electron chi connectivity index (χ4n) is 0.998. The van der Waals surface area contributed by atoms with Crippen molar-refractivity contribution in [3.05, 3.63) is 10.9 Å². The van der Waals surface area contributed by atoms with Gasteiger partial charge in [-0.25, -0.2) is 0 Å². The Morgan fingerprint density at radius 3 is 2.58 bits per heavy atom. The maximum absolute atomic E-state index is 11.0. The van der Waals surface area contributed by atoms with Crippen molar-refractivity contribution < 1.29 is 4.79 Å². The molecule has 0 radical (unpaired) electrons. The van der Waals surface area contributed by atoms with Crippen LogP contribution in [0, 0.1) is 6.92 Å². The third-order valence-corrected chi connectivity index (χ3v) is 3.13. The molecule has 4 heteroatoms. The van der Waals surface area contributed by atoms with Crippen LogP contribution in [0.3, 0.4) is 0 Å². The highest BCUT2D eigenvalue weighted by Crippen LogP contribution is 2.24. The predicted molar refractivity (Wildman–Crippen MR) is 57.5 cm³/mol. The number of rotatable bonds is 1. The largest absolute Gasteiger partial charge is 0.315 e. The average molecular weight is 201 g/mol. The molecular weight excluding hydrogens is 189 g/mol. The van der Waals surface area contributed by atoms with Crippen molar-refractivity contribution in [2.45, 2.75) is 13.8 Å². The lowest BCUT2D eigenvalue weighted by atomic mass is 10.4. The van der Waals surface area contributed by atoms with Crippen LogP contribution in [-0.2, 0) is 4.79 Å². The number of hydrogen-bond acceptors (Lipinski definition) is 2. The zero-order valence-electron chi connectivity index (χ0n) is 7.42. The van der Waals surface area contributed by atoms with E-state index >= 15 is 0 Å². The molecule has 1 rings (SSSR count). The molecule has 0 aliphatic heterocycles. The molecule has 1 aromatic rings. The Kier molecular flexibility index (Phi) is 2.86. The van der Waals surface area contributed by atoms with E-state index in [0.717, 1.165) is 10.3 Å². The van der Waals surface area contributed by atoms with Crippen molar-refractivity contribution in [2.75, 3.05) is 11.9 Å². The predicted octanol–water partition coefficient (Wildman–Crippen LogP) is 1.54. The maximum Gasteiger partial charge on any atom is 0.223 e. The molecule has 1 heterocycles. The maximum atomic E-state index is 11.0. The molecule has 0 aliphatic rings. The Morgan fingerprint density at radius 1 is 1.67 bits per heavy atom. The topological polar surface area (TPSA) is 20.3 Å². The summed E-state index contributed by atoms with van der Waals surface area (Å²) in [6.45, 7) is 3.59. The van der Waals surface area contributed by atoms with Gasteiger partial charge in [-0.3, -0.25) is 4.79 Å². The van der Waals surface area contributed by atoms with Crippen molar-refractivity contribution in [3.8, 4) is 0 Å². The van der Waals surface area contributed by atoms with E-state index in [0.29, 0.717) is 0 Å². The summed E-state index contributed by atoms with van der Waals surface area (Å²) in [5, 5.41) is 0. The van der Waals surface area contributed by atoms with Crippen molar-refractivity contribution >= 4 is 36.8 Å². The van der Waals surface area contributed by atoms with Gasteiger partial charge in [-0.2, -0.15) is 0 Å². The average Bonchev–Trinajstić information content (AvgIpc) is 2.28. The summed E-state index contributed by atoms with van der Waals surface area (Å²) in [6.07, 6.45) is 0. The SMILES string of the molecule is CC(=O)N(C)c1cc(P)sc1C. The van der Waals surface area contributed by atoms with Crippen LogP contribution in [0.15, 0.2) is 6.07 Å². The molecule has 0 spiro atoms. The molecular formula is C8H12NOPS. The normalized spacial score (nSPS) is 10.0. The van der Waals surface area contributed by atoms with Gasteiger partial charge in [0.25, 0.3) is 0 Å². The van der Waals surface area contributed by atoms with E-state index in [9.17, 15) is 4.79 Å². The van der Waals surface area contributed by atoms with Crippen LogP contribution in [0.2, 0.25) is 0 Å². The van der Waals surface area contributed by atoms with Crippen molar-refractivity contribution in [2.24, 2.45) is 0 Å². The van der Waals surface area contributed by atoms with E-state index in [2.05, 4.69) is 9.24 Å². The summed E-state index contributed by atoms with van der Waals surface area (Å²) in [5.41, 5.74) is 1.01. The summed E-state index contributed by atoms with van der Waals surface area (Å²) in [7, 11) is 4.44. The van der Waals surface area contributed by atoms with E-state index in [1.165, 1.54) is 4.88 Å². The molecule has 0 saturated heterocycles. The molecule has 0 aliphatic carbocycles. The van der Waals surface area contributed by atoms with Crippen molar-refractivity contribution in [1.82, 2.24) is 0 Å². The van der Waals surface area contributed by atoms with E-state index in [1.54, 1.807) is 30.2 Å². The Hall–Kier alpha value is -0.400. The van der Waals surface area contributed by atoms with Gasteiger partial charge in [0.15, 0.2) is 0 Å². The van der Waals surface area contributed by atoms with Crippen LogP contribution in [0.25, 0.3) is 0 Å². The van der Waals surface area contributed by atoms with Gasteiger partial charge in [0.2, 0.25) is 5.91 Å². The highest BCUT2D eigenvalue weighted by Gasteiger charge is 2.10. The molecule has 1 aromatic heterocycles. The van der Waals surface area contributed by atoms with E-state index in [-0.39, 0.29) is 5.91 Å². The van der Waals surface area contributed by atoms with Crippen LogP contribution < -0.4 is 9.52 Å². The van der Waals surface area contributed by atoms with Gasteiger partial charge in [0, 0.05) is 23.5 Å². The van der Waals surface area contributed by atoms with Crippen LogP contribution in [0.5, 0.6) is 0 Å². The van der Waals surface area contributed by atoms with E-state index < -0.39 is 0 Å². The Bertz CT molecular complexity index is 308. The smallest absolute Gasteiger partial charge is 0.223 e. The molecule has 1 unspecified atom stereocenters. The minimum atomic E-state index is 0.0703. The van der Waals surface area contributed by atoms with Gasteiger partial charge in [-0.05, 0) is 13.0 Å². The van der Waals surface area contributed by atoms with E-state index in [4.69, 9.17) is 0 Å². The first-order valence-electron chi connectivity index (χ1n) is 3.62. The highest BCUT2D eigenvalue weighted by atomic mass is 32.1. The third-order valence-electron chi connectivity index (χ3n) is 1.74. The number of anilines is 1. The molecule has 1 amide bonds. The summed E-state index contributed by atoms with van der Waals surface area (Å²) in [5.74, 6) is 0.0703. The summed E-state index contributed by atoms with van der Waals surface area (Å²) >= 11 is 1.68. The summed E-state index contributed by atoms with van der Waals surface area (Å²) in [6, 6.07) is 2.01. The molecule has 0 N–H and O–H groups in total. The van der Waals surface area contributed by atoms with Crippen LogP contribution in [0.1, 0.15) is 11.8 Å². The van der Waals surface area contributed by atoms with Gasteiger partial charge < -0.3 is 4.90 Å².